The zero-order chi connectivity index (χ0) is 47.2. The number of nitrogens with one attached hydrogen (secondary N) is 1. The van der Waals surface area contributed by atoms with Crippen molar-refractivity contribution in [2.75, 3.05) is 12.3 Å². The number of nitrogens with two attached hydrogens (primary N) is 1. The number of hydrogen-bond acceptors (Lipinski definition) is 12. The highest BCUT2D eigenvalue weighted by Crippen LogP contribution is 2.49. The van der Waals surface area contributed by atoms with Gasteiger partial charge in [0, 0.05) is 12.8 Å². The third-order valence-corrected chi connectivity index (χ3v) is 13.4. The molecule has 3 heterocycles. The van der Waals surface area contributed by atoms with Crippen molar-refractivity contribution in [2.24, 2.45) is 0 Å². The fraction of sp³-hybridized carbons (Fsp3) is 0.580. The summed E-state index contributed by atoms with van der Waals surface area (Å²) in [5.41, 5.74) is 5.04. The van der Waals surface area contributed by atoms with Crippen LogP contribution in [0.15, 0.2) is 67.0 Å². The molecule has 1 saturated heterocycles. The van der Waals surface area contributed by atoms with E-state index in [0.29, 0.717) is 19.3 Å². The summed E-state index contributed by atoms with van der Waals surface area (Å²) in [5, 5.41) is 2.90. The van der Waals surface area contributed by atoms with Gasteiger partial charge in [0.05, 0.1) is 6.33 Å². The molecule has 0 radical (unpaired) electrons. The summed E-state index contributed by atoms with van der Waals surface area (Å²) >= 11 is 0. The van der Waals surface area contributed by atoms with Crippen LogP contribution in [0.4, 0.5) is 10.2 Å². The fourth-order valence-electron chi connectivity index (χ4n) is 8.24. The second-order valence-corrected chi connectivity index (χ2v) is 18.9. The summed E-state index contributed by atoms with van der Waals surface area (Å²) in [5.74, 6) is 1.51. The number of carbonyl (C=O) groups is 2. The quantitative estimate of drug-likeness (QED) is 0.0160. The first-order valence-electron chi connectivity index (χ1n) is 24.0. The summed E-state index contributed by atoms with van der Waals surface area (Å²) < 4.78 is 62.1. The normalized spacial score (nSPS) is 18.5. The van der Waals surface area contributed by atoms with Gasteiger partial charge in [-0.1, -0.05) is 165 Å². The SMILES string of the molecule is C#C[C@]1(CO[P@@](=O)(N[C@@H](Cc2ccccc2)C(=O)OC(CCC)CCC)Oc2ccccc2)O[C@@H](n2cnc3c(N)nc(F)nc32)C[C@@H]1OC(=O)CCCCCCCCCCCCCCC. The summed E-state index contributed by atoms with van der Waals surface area (Å²) in [7, 11) is -4.58. The molecule has 16 heteroatoms. The van der Waals surface area contributed by atoms with E-state index in [0.717, 1.165) is 37.7 Å². The lowest BCUT2D eigenvalue weighted by molar-refractivity contribution is -0.158. The first-order valence-corrected chi connectivity index (χ1v) is 25.6. The average molecular weight is 933 g/mol. The molecule has 14 nitrogen and oxygen atoms in total. The Morgan fingerprint density at radius 3 is 2.12 bits per heavy atom. The average Bonchev–Trinajstić information content (AvgIpc) is 3.89. The number of benzene rings is 2. The monoisotopic (exact) mass is 932 g/mol. The number of nitrogen functional groups attached to an aromatic ring is 1. The van der Waals surface area contributed by atoms with E-state index >= 15 is 4.57 Å². The maximum absolute atomic E-state index is 15.2. The van der Waals surface area contributed by atoms with E-state index in [-0.39, 0.29) is 48.1 Å². The van der Waals surface area contributed by atoms with Gasteiger partial charge in [0.25, 0.3) is 0 Å². The van der Waals surface area contributed by atoms with Crippen LogP contribution in [0.2, 0.25) is 0 Å². The van der Waals surface area contributed by atoms with Crippen molar-refractivity contribution in [3.63, 3.8) is 0 Å². The number of carbonyl (C=O) groups excluding carboxylic acids is 2. The Morgan fingerprint density at radius 2 is 1.52 bits per heavy atom. The minimum atomic E-state index is -4.58. The Labute approximate surface area is 390 Å². The van der Waals surface area contributed by atoms with E-state index in [1.165, 1.54) is 68.7 Å². The van der Waals surface area contributed by atoms with Crippen molar-refractivity contribution in [3.05, 3.63) is 78.6 Å². The van der Waals surface area contributed by atoms with E-state index < -0.39 is 56.3 Å². The second kappa shape index (κ2) is 27.1. The van der Waals surface area contributed by atoms with E-state index in [9.17, 15) is 14.0 Å². The zero-order valence-electron chi connectivity index (χ0n) is 39.0. The number of nitrogens with zero attached hydrogens (tertiary/aromatic N) is 4. The number of unbranched alkanes of at least 4 members (excludes halogenated alkanes) is 12. The predicted molar refractivity (Wildman–Crippen MR) is 254 cm³/mol. The highest BCUT2D eigenvalue weighted by Gasteiger charge is 2.53. The number of halogens is 1. The molecular weight excluding hydrogens is 863 g/mol. The Balaban J connectivity index is 1.34. The predicted octanol–water partition coefficient (Wildman–Crippen LogP) is 11.1. The molecule has 0 unspecified atom stereocenters. The highest BCUT2D eigenvalue weighted by atomic mass is 31.2. The lowest BCUT2D eigenvalue weighted by Gasteiger charge is -2.31. The number of anilines is 1. The van der Waals surface area contributed by atoms with E-state index in [1.807, 2.05) is 44.2 Å². The molecule has 360 valence electrons. The number of ether oxygens (including phenoxy) is 3. The molecule has 0 bridgehead atoms. The molecule has 2 aromatic carbocycles. The zero-order valence-corrected chi connectivity index (χ0v) is 39.9. The Morgan fingerprint density at radius 1 is 0.909 bits per heavy atom. The summed E-state index contributed by atoms with van der Waals surface area (Å²) in [6.45, 7) is 5.64. The van der Waals surface area contributed by atoms with E-state index in [4.69, 9.17) is 35.4 Å². The van der Waals surface area contributed by atoms with Gasteiger partial charge in [0.15, 0.2) is 22.6 Å². The van der Waals surface area contributed by atoms with Crippen molar-refractivity contribution in [3.8, 4) is 18.1 Å². The molecule has 66 heavy (non-hydrogen) atoms. The van der Waals surface area contributed by atoms with Crippen LogP contribution in [-0.2, 0) is 39.3 Å². The molecule has 1 aliphatic heterocycles. The molecule has 1 aliphatic rings. The number of aromatic nitrogens is 4. The van der Waals surface area contributed by atoms with Gasteiger partial charge in [-0.3, -0.25) is 18.7 Å². The number of fused-ring (bicyclic) bond motifs is 1. The summed E-state index contributed by atoms with van der Waals surface area (Å²) in [4.78, 5) is 39.4. The molecule has 2 aromatic heterocycles. The molecule has 0 saturated carbocycles. The minimum Gasteiger partial charge on any atom is -0.461 e. The first-order chi connectivity index (χ1) is 32.0. The van der Waals surface area contributed by atoms with Crippen molar-refractivity contribution in [1.29, 1.82) is 0 Å². The smallest absolute Gasteiger partial charge is 0.459 e. The van der Waals surface area contributed by atoms with Crippen LogP contribution in [0.1, 0.15) is 155 Å². The lowest BCUT2D eigenvalue weighted by Crippen LogP contribution is -2.46. The van der Waals surface area contributed by atoms with Gasteiger partial charge in [-0.25, -0.2) is 9.55 Å². The minimum absolute atomic E-state index is 0.0299. The number of esters is 2. The highest BCUT2D eigenvalue weighted by molar-refractivity contribution is 7.52. The maximum Gasteiger partial charge on any atom is 0.459 e. The van der Waals surface area contributed by atoms with Gasteiger partial charge in [-0.15, -0.1) is 6.42 Å². The molecular formula is C50H70FN6O8P. The van der Waals surface area contributed by atoms with Crippen molar-refractivity contribution >= 4 is 36.7 Å². The van der Waals surface area contributed by atoms with Crippen LogP contribution in [0.25, 0.3) is 11.2 Å². The lowest BCUT2D eigenvalue weighted by atomic mass is 9.98. The molecule has 5 rings (SSSR count). The first kappa shape index (κ1) is 52.1. The van der Waals surface area contributed by atoms with Crippen LogP contribution >= 0.6 is 7.75 Å². The third-order valence-electron chi connectivity index (χ3n) is 11.8. The Kier molecular flexibility index (Phi) is 21.4. The van der Waals surface area contributed by atoms with Crippen LogP contribution in [0.5, 0.6) is 5.75 Å². The molecule has 5 atom stereocenters. The van der Waals surface area contributed by atoms with Gasteiger partial charge in [0.1, 0.15) is 36.8 Å². The fourth-order valence-corrected chi connectivity index (χ4v) is 9.76. The topological polar surface area (TPSA) is 179 Å². The molecule has 3 N–H and O–H groups in total. The van der Waals surface area contributed by atoms with E-state index in [1.54, 1.807) is 30.3 Å². The van der Waals surface area contributed by atoms with Crippen LogP contribution < -0.4 is 15.3 Å². The Hall–Kier alpha value is -4.87. The molecule has 0 amide bonds. The number of hydrogen-bond donors (Lipinski definition) is 2. The molecule has 4 aromatic rings. The molecule has 0 spiro atoms. The third kappa shape index (κ3) is 15.9. The van der Waals surface area contributed by atoms with Gasteiger partial charge < -0.3 is 24.5 Å². The van der Waals surface area contributed by atoms with Crippen molar-refractivity contribution < 1.29 is 41.8 Å². The summed E-state index contributed by atoms with van der Waals surface area (Å²) in [6, 6.07) is 16.4. The molecule has 1 fully saturated rings. The standard InChI is InChI=1S/C50H70FN6O8P/c1-5-9-10-11-12-13-14-15-16-17-18-19-26-33-44(58)63-42-35-43(57-37-53-45-46(52)54-49(51)55-47(45)57)64-50(42,8-4)36-61-66(60,65-40-31-24-21-25-32-40)56-41(34-38-29-22-20-23-30-38)48(59)62-39(27-6-2)28-7-3/h4,20-25,29-32,37,39,41-43H,5-7,9-19,26-28,33-36H2,1-3H3,(H,56,60)(H2,52,54,55)/t41-,42-,43+,50+,66-/m0/s1. The number of imidazole rings is 1. The van der Waals surface area contributed by atoms with Gasteiger partial charge >= 0.3 is 25.8 Å². The van der Waals surface area contributed by atoms with Gasteiger partial charge in [-0.2, -0.15) is 19.4 Å². The second-order valence-electron chi connectivity index (χ2n) is 17.2. The molecule has 0 aliphatic carbocycles. The number of para-hydroxylation sites is 1. The van der Waals surface area contributed by atoms with E-state index in [2.05, 4.69) is 32.9 Å². The van der Waals surface area contributed by atoms with Gasteiger partial charge in [0.2, 0.25) is 0 Å². The number of terminal acetylenes is 1. The Bertz CT molecular complexity index is 2170. The summed E-state index contributed by atoms with van der Waals surface area (Å²) in [6.07, 6.45) is 22.3. The van der Waals surface area contributed by atoms with Crippen molar-refractivity contribution in [1.82, 2.24) is 24.6 Å². The van der Waals surface area contributed by atoms with Crippen LogP contribution in [0.3, 0.4) is 0 Å². The van der Waals surface area contributed by atoms with Crippen LogP contribution in [-0.4, -0.2) is 61.9 Å². The maximum atomic E-state index is 15.2. The van der Waals surface area contributed by atoms with Crippen LogP contribution in [0, 0.1) is 18.4 Å². The van der Waals surface area contributed by atoms with Gasteiger partial charge in [-0.05, 0) is 43.4 Å². The van der Waals surface area contributed by atoms with Crippen molar-refractivity contribution in [2.45, 2.75) is 179 Å². The largest absolute Gasteiger partial charge is 0.461 e. The number of rotatable bonds is 31.